The highest BCUT2D eigenvalue weighted by Crippen LogP contribution is 2.38. The van der Waals surface area contributed by atoms with E-state index >= 15 is 0 Å². The van der Waals surface area contributed by atoms with E-state index in [1.165, 1.54) is 20.3 Å². The summed E-state index contributed by atoms with van der Waals surface area (Å²) >= 11 is 0. The predicted molar refractivity (Wildman–Crippen MR) is 79.0 cm³/mol. The number of ether oxygens (including phenoxy) is 2. The van der Waals surface area contributed by atoms with E-state index in [1.54, 1.807) is 0 Å². The van der Waals surface area contributed by atoms with Crippen molar-refractivity contribution in [1.82, 2.24) is 0 Å². The molecule has 1 aromatic carbocycles. The van der Waals surface area contributed by atoms with Gasteiger partial charge in [-0.05, 0) is 29.5 Å². The standard InChI is InChI=1S/C14H21NO5S/c1-14(2)7-10-5-9(13(19-3)20-4)6-11(21(16,17)18)12(10)15-8-14/h5-6,13,15H,7-8H2,1-4H3,(H,16,17,18). The molecular formula is C14H21NO5S. The van der Waals surface area contributed by atoms with E-state index < -0.39 is 16.4 Å². The van der Waals surface area contributed by atoms with E-state index in [4.69, 9.17) is 9.47 Å². The van der Waals surface area contributed by atoms with Crippen molar-refractivity contribution in [1.29, 1.82) is 0 Å². The molecule has 0 saturated heterocycles. The minimum atomic E-state index is -4.33. The average molecular weight is 315 g/mol. The number of fused-ring (bicyclic) bond motifs is 1. The van der Waals surface area contributed by atoms with Crippen LogP contribution in [0.5, 0.6) is 0 Å². The molecule has 0 amide bonds. The second kappa shape index (κ2) is 5.57. The van der Waals surface area contributed by atoms with Gasteiger partial charge in [0.15, 0.2) is 6.29 Å². The summed E-state index contributed by atoms with van der Waals surface area (Å²) in [7, 11) is -1.38. The molecule has 7 heteroatoms. The molecule has 0 atom stereocenters. The van der Waals surface area contributed by atoms with Crippen molar-refractivity contribution >= 4 is 15.8 Å². The monoisotopic (exact) mass is 315 g/mol. The summed E-state index contributed by atoms with van der Waals surface area (Å²) in [6.45, 7) is 4.82. The van der Waals surface area contributed by atoms with Gasteiger partial charge in [-0.3, -0.25) is 4.55 Å². The minimum Gasteiger partial charge on any atom is -0.383 e. The van der Waals surface area contributed by atoms with Crippen LogP contribution in [0.2, 0.25) is 0 Å². The first-order valence-corrected chi connectivity index (χ1v) is 8.06. The number of rotatable bonds is 4. The van der Waals surface area contributed by atoms with Crippen molar-refractivity contribution in [3.63, 3.8) is 0 Å². The van der Waals surface area contributed by atoms with Crippen LogP contribution >= 0.6 is 0 Å². The first kappa shape index (κ1) is 16.2. The van der Waals surface area contributed by atoms with Crippen molar-refractivity contribution in [3.05, 3.63) is 23.3 Å². The smallest absolute Gasteiger partial charge is 0.296 e. The maximum Gasteiger partial charge on any atom is 0.296 e. The van der Waals surface area contributed by atoms with E-state index in [0.717, 1.165) is 5.56 Å². The molecule has 21 heavy (non-hydrogen) atoms. The van der Waals surface area contributed by atoms with Crippen molar-refractivity contribution in [2.45, 2.75) is 31.5 Å². The largest absolute Gasteiger partial charge is 0.383 e. The number of methoxy groups -OCH3 is 2. The Bertz CT molecular complexity index is 635. The zero-order valence-electron chi connectivity index (χ0n) is 12.6. The van der Waals surface area contributed by atoms with E-state index in [2.05, 4.69) is 19.2 Å². The molecule has 0 spiro atoms. The van der Waals surface area contributed by atoms with Gasteiger partial charge in [0, 0.05) is 26.3 Å². The third-order valence-corrected chi connectivity index (χ3v) is 4.47. The van der Waals surface area contributed by atoms with Crippen LogP contribution in [0.25, 0.3) is 0 Å². The summed E-state index contributed by atoms with van der Waals surface area (Å²) in [6.07, 6.45) is 0.0205. The molecule has 1 aromatic rings. The molecule has 2 rings (SSSR count). The summed E-state index contributed by atoms with van der Waals surface area (Å²) in [5, 5.41) is 3.11. The first-order chi connectivity index (χ1) is 9.68. The Kier molecular flexibility index (Phi) is 4.30. The number of hydrogen-bond donors (Lipinski definition) is 2. The molecule has 6 nitrogen and oxygen atoms in total. The van der Waals surface area contributed by atoms with Gasteiger partial charge in [0.2, 0.25) is 0 Å². The zero-order valence-corrected chi connectivity index (χ0v) is 13.5. The third kappa shape index (κ3) is 3.37. The molecule has 118 valence electrons. The van der Waals surface area contributed by atoms with Crippen molar-refractivity contribution in [3.8, 4) is 0 Å². The molecule has 0 saturated carbocycles. The molecule has 0 radical (unpaired) electrons. The minimum absolute atomic E-state index is 0.00223. The fourth-order valence-electron chi connectivity index (χ4n) is 2.65. The van der Waals surface area contributed by atoms with Gasteiger partial charge in [-0.2, -0.15) is 8.42 Å². The second-order valence-corrected chi connectivity index (χ2v) is 7.42. The lowest BCUT2D eigenvalue weighted by Gasteiger charge is -2.34. The topological polar surface area (TPSA) is 84.9 Å². The maximum absolute atomic E-state index is 11.7. The Morgan fingerprint density at radius 3 is 2.43 bits per heavy atom. The Morgan fingerprint density at radius 2 is 1.90 bits per heavy atom. The summed E-state index contributed by atoms with van der Waals surface area (Å²) in [4.78, 5) is -0.135. The average Bonchev–Trinajstić information content (AvgIpc) is 2.36. The fourth-order valence-corrected chi connectivity index (χ4v) is 3.40. The Hall–Kier alpha value is -1.15. The maximum atomic E-state index is 11.7. The van der Waals surface area contributed by atoms with E-state index in [1.807, 2.05) is 6.07 Å². The van der Waals surface area contributed by atoms with Gasteiger partial charge in [-0.25, -0.2) is 0 Å². The molecule has 0 aromatic heterocycles. The molecular weight excluding hydrogens is 294 g/mol. The molecule has 1 aliphatic rings. The summed E-state index contributed by atoms with van der Waals surface area (Å²) in [6, 6.07) is 3.24. The second-order valence-electron chi connectivity index (χ2n) is 6.03. The van der Waals surface area contributed by atoms with E-state index in [0.29, 0.717) is 24.2 Å². The third-order valence-electron chi connectivity index (χ3n) is 3.60. The van der Waals surface area contributed by atoms with Crippen LogP contribution in [0.4, 0.5) is 5.69 Å². The lowest BCUT2D eigenvalue weighted by Crippen LogP contribution is -2.32. The Balaban J connectivity index is 2.63. The van der Waals surface area contributed by atoms with E-state index in [9.17, 15) is 13.0 Å². The summed E-state index contributed by atoms with van der Waals surface area (Å²) < 4.78 is 43.1. The van der Waals surface area contributed by atoms with Crippen molar-refractivity contribution in [2.24, 2.45) is 5.41 Å². The van der Waals surface area contributed by atoms with Gasteiger partial charge in [0.1, 0.15) is 4.90 Å². The number of hydrogen-bond acceptors (Lipinski definition) is 5. The van der Waals surface area contributed by atoms with Crippen molar-refractivity contribution in [2.75, 3.05) is 26.1 Å². The first-order valence-electron chi connectivity index (χ1n) is 6.62. The van der Waals surface area contributed by atoms with Crippen LogP contribution in [0.15, 0.2) is 17.0 Å². The zero-order chi connectivity index (χ0) is 15.8. The SMILES string of the molecule is COC(OC)c1cc2c(c(S(=O)(=O)O)c1)NCC(C)(C)C2. The van der Waals surface area contributed by atoms with Gasteiger partial charge in [0.25, 0.3) is 10.1 Å². The fraction of sp³-hybridized carbons (Fsp3) is 0.571. The van der Waals surface area contributed by atoms with Crippen LogP contribution < -0.4 is 5.32 Å². The highest BCUT2D eigenvalue weighted by molar-refractivity contribution is 7.86. The number of anilines is 1. The van der Waals surface area contributed by atoms with Crippen molar-refractivity contribution < 1.29 is 22.4 Å². The molecule has 0 unspecified atom stereocenters. The van der Waals surface area contributed by atoms with Gasteiger partial charge < -0.3 is 14.8 Å². The predicted octanol–water partition coefficient (Wildman–Crippen LogP) is 2.22. The molecule has 2 N–H and O–H groups in total. The van der Waals surface area contributed by atoms with Gasteiger partial charge >= 0.3 is 0 Å². The summed E-state index contributed by atoms with van der Waals surface area (Å²) in [5.41, 5.74) is 1.85. The van der Waals surface area contributed by atoms with Gasteiger partial charge in [0.05, 0.1) is 5.69 Å². The quantitative estimate of drug-likeness (QED) is 0.654. The van der Waals surface area contributed by atoms with E-state index in [-0.39, 0.29) is 10.3 Å². The van der Waals surface area contributed by atoms with Crippen LogP contribution in [-0.4, -0.2) is 33.7 Å². The highest BCUT2D eigenvalue weighted by Gasteiger charge is 2.31. The van der Waals surface area contributed by atoms with Crippen LogP contribution in [0.1, 0.15) is 31.3 Å². The molecule has 0 bridgehead atoms. The number of nitrogens with one attached hydrogen (secondary N) is 1. The van der Waals surface area contributed by atoms with Crippen LogP contribution in [0, 0.1) is 5.41 Å². The Labute approximate surface area is 125 Å². The molecule has 0 aliphatic carbocycles. The molecule has 1 heterocycles. The Morgan fingerprint density at radius 1 is 1.29 bits per heavy atom. The molecule has 0 fully saturated rings. The lowest BCUT2D eigenvalue weighted by atomic mass is 9.82. The normalized spacial score (nSPS) is 17.4. The summed E-state index contributed by atoms with van der Waals surface area (Å²) in [5.74, 6) is 0. The lowest BCUT2D eigenvalue weighted by molar-refractivity contribution is -0.106. The highest BCUT2D eigenvalue weighted by atomic mass is 32.2. The van der Waals surface area contributed by atoms with Crippen LogP contribution in [0.3, 0.4) is 0 Å². The van der Waals surface area contributed by atoms with Gasteiger partial charge in [-0.15, -0.1) is 0 Å². The number of benzene rings is 1. The molecule has 1 aliphatic heterocycles. The van der Waals surface area contributed by atoms with Gasteiger partial charge in [-0.1, -0.05) is 13.8 Å². The van der Waals surface area contributed by atoms with Crippen LogP contribution in [-0.2, 0) is 26.0 Å².